The lowest BCUT2D eigenvalue weighted by atomic mass is 10.0. The maximum Gasteiger partial charge on any atom is 0.125 e. The zero-order valence-corrected chi connectivity index (χ0v) is 14.5. The van der Waals surface area contributed by atoms with E-state index in [0.717, 1.165) is 31.9 Å². The summed E-state index contributed by atoms with van der Waals surface area (Å²) >= 11 is 0. The zero-order chi connectivity index (χ0) is 15.9. The van der Waals surface area contributed by atoms with Gasteiger partial charge in [-0.1, -0.05) is 12.1 Å². The zero-order valence-electron chi connectivity index (χ0n) is 14.5. The minimum atomic E-state index is 0.135. The minimum absolute atomic E-state index is 0.135. The molecule has 0 radical (unpaired) electrons. The number of ether oxygens (including phenoxy) is 2. The van der Waals surface area contributed by atoms with E-state index < -0.39 is 0 Å². The lowest BCUT2D eigenvalue weighted by molar-refractivity contribution is 0.130. The maximum absolute atomic E-state index is 5.91. The highest BCUT2D eigenvalue weighted by atomic mass is 16.5. The Balaban J connectivity index is 2.58. The van der Waals surface area contributed by atoms with Crippen molar-refractivity contribution in [3.63, 3.8) is 0 Å². The maximum atomic E-state index is 5.91. The quantitative estimate of drug-likeness (QED) is 0.735. The van der Waals surface area contributed by atoms with Crippen molar-refractivity contribution < 1.29 is 9.47 Å². The number of hydrogen-bond donors (Lipinski definition) is 1. The van der Waals surface area contributed by atoms with E-state index in [-0.39, 0.29) is 5.54 Å². The first kappa shape index (κ1) is 18.0. The molecule has 21 heavy (non-hydrogen) atoms. The van der Waals surface area contributed by atoms with Crippen LogP contribution in [0, 0.1) is 13.8 Å². The summed E-state index contributed by atoms with van der Waals surface area (Å²) in [4.78, 5) is 0. The van der Waals surface area contributed by atoms with Crippen molar-refractivity contribution in [2.45, 2.75) is 60.0 Å². The van der Waals surface area contributed by atoms with Gasteiger partial charge in [-0.2, -0.15) is 0 Å². The summed E-state index contributed by atoms with van der Waals surface area (Å²) in [7, 11) is 0. The van der Waals surface area contributed by atoms with Gasteiger partial charge >= 0.3 is 0 Å². The van der Waals surface area contributed by atoms with E-state index in [1.54, 1.807) is 0 Å². The third-order valence-electron chi connectivity index (χ3n) is 3.23. The Bertz CT molecular complexity index is 412. The molecule has 1 rings (SSSR count). The summed E-state index contributed by atoms with van der Waals surface area (Å²) in [5.41, 5.74) is 3.85. The summed E-state index contributed by atoms with van der Waals surface area (Å²) in [5.74, 6) is 1.02. The molecule has 1 aromatic rings. The Morgan fingerprint density at radius 2 is 1.67 bits per heavy atom. The molecule has 0 aromatic heterocycles. The molecular formula is C18H31NO2. The molecule has 0 saturated carbocycles. The Morgan fingerprint density at radius 3 is 2.19 bits per heavy atom. The number of hydrogen-bond acceptors (Lipinski definition) is 3. The van der Waals surface area contributed by atoms with Crippen LogP contribution in [0.5, 0.6) is 5.75 Å². The van der Waals surface area contributed by atoms with Crippen molar-refractivity contribution in [3.8, 4) is 5.75 Å². The van der Waals surface area contributed by atoms with Gasteiger partial charge in [0, 0.05) is 31.7 Å². The number of benzene rings is 1. The van der Waals surface area contributed by atoms with Gasteiger partial charge in [0.25, 0.3) is 0 Å². The van der Waals surface area contributed by atoms with Gasteiger partial charge in [0.15, 0.2) is 0 Å². The molecule has 0 saturated heterocycles. The van der Waals surface area contributed by atoms with Gasteiger partial charge in [-0.05, 0) is 58.2 Å². The fourth-order valence-corrected chi connectivity index (χ4v) is 2.22. The molecule has 3 heteroatoms. The molecule has 0 aliphatic rings. The van der Waals surface area contributed by atoms with Crippen LogP contribution >= 0.6 is 0 Å². The molecule has 0 spiro atoms. The average Bonchev–Trinajstić information content (AvgIpc) is 2.38. The first-order chi connectivity index (χ1) is 9.83. The van der Waals surface area contributed by atoms with Crippen LogP contribution in [-0.2, 0) is 11.3 Å². The largest absolute Gasteiger partial charge is 0.493 e. The van der Waals surface area contributed by atoms with Crippen LogP contribution in [-0.4, -0.2) is 25.4 Å². The Morgan fingerprint density at radius 1 is 1.05 bits per heavy atom. The third-order valence-corrected chi connectivity index (χ3v) is 3.23. The van der Waals surface area contributed by atoms with E-state index in [2.05, 4.69) is 52.1 Å². The first-order valence-electron chi connectivity index (χ1n) is 7.89. The van der Waals surface area contributed by atoms with Crippen molar-refractivity contribution in [1.29, 1.82) is 0 Å². The Labute approximate surface area is 130 Å². The van der Waals surface area contributed by atoms with Crippen LogP contribution in [0.1, 0.15) is 50.8 Å². The second-order valence-corrected chi connectivity index (χ2v) is 6.56. The highest BCUT2D eigenvalue weighted by Gasteiger charge is 2.11. The summed E-state index contributed by atoms with van der Waals surface area (Å²) in [6.07, 6.45) is 0.931. The van der Waals surface area contributed by atoms with Gasteiger partial charge in [-0.25, -0.2) is 0 Å². The van der Waals surface area contributed by atoms with Crippen molar-refractivity contribution in [1.82, 2.24) is 5.32 Å². The molecule has 120 valence electrons. The van der Waals surface area contributed by atoms with Crippen molar-refractivity contribution >= 4 is 0 Å². The summed E-state index contributed by atoms with van der Waals surface area (Å²) < 4.78 is 11.2. The van der Waals surface area contributed by atoms with E-state index >= 15 is 0 Å². The van der Waals surface area contributed by atoms with E-state index in [0.29, 0.717) is 6.61 Å². The van der Waals surface area contributed by atoms with Gasteiger partial charge < -0.3 is 14.8 Å². The third kappa shape index (κ3) is 6.96. The monoisotopic (exact) mass is 293 g/mol. The molecule has 0 bridgehead atoms. The molecule has 3 nitrogen and oxygen atoms in total. The second kappa shape index (κ2) is 8.40. The minimum Gasteiger partial charge on any atom is -0.493 e. The SMILES string of the molecule is CCOCCCOc1c(C)cc(CNC(C)(C)C)cc1C. The summed E-state index contributed by atoms with van der Waals surface area (Å²) in [5, 5.41) is 3.52. The molecule has 0 atom stereocenters. The molecule has 0 aliphatic carbocycles. The van der Waals surface area contributed by atoms with E-state index in [4.69, 9.17) is 9.47 Å². The fourth-order valence-electron chi connectivity index (χ4n) is 2.22. The Kier molecular flexibility index (Phi) is 7.20. The van der Waals surface area contributed by atoms with Gasteiger partial charge in [0.2, 0.25) is 0 Å². The summed E-state index contributed by atoms with van der Waals surface area (Å²) in [6, 6.07) is 4.42. The topological polar surface area (TPSA) is 30.5 Å². The van der Waals surface area contributed by atoms with E-state index in [1.165, 1.54) is 16.7 Å². The average molecular weight is 293 g/mol. The molecule has 0 fully saturated rings. The van der Waals surface area contributed by atoms with Crippen LogP contribution in [0.25, 0.3) is 0 Å². The van der Waals surface area contributed by atoms with Gasteiger partial charge in [-0.3, -0.25) is 0 Å². The predicted molar refractivity (Wildman–Crippen MR) is 89.1 cm³/mol. The van der Waals surface area contributed by atoms with Crippen LogP contribution in [0.2, 0.25) is 0 Å². The fraction of sp³-hybridized carbons (Fsp3) is 0.667. The standard InChI is InChI=1S/C18H31NO2/c1-7-20-9-8-10-21-17-14(2)11-16(12-15(17)3)13-19-18(4,5)6/h11-12,19H,7-10,13H2,1-6H3. The van der Waals surface area contributed by atoms with Gasteiger partial charge in [-0.15, -0.1) is 0 Å². The lowest BCUT2D eigenvalue weighted by Gasteiger charge is -2.21. The molecule has 0 aliphatic heterocycles. The highest BCUT2D eigenvalue weighted by Crippen LogP contribution is 2.25. The second-order valence-electron chi connectivity index (χ2n) is 6.56. The van der Waals surface area contributed by atoms with Crippen molar-refractivity contribution in [2.24, 2.45) is 0 Å². The molecule has 0 unspecified atom stereocenters. The number of rotatable bonds is 8. The van der Waals surface area contributed by atoms with Gasteiger partial charge in [0.1, 0.15) is 5.75 Å². The predicted octanol–water partition coefficient (Wildman–Crippen LogP) is 4.00. The lowest BCUT2D eigenvalue weighted by Crippen LogP contribution is -2.35. The highest BCUT2D eigenvalue weighted by molar-refractivity contribution is 5.43. The summed E-state index contributed by atoms with van der Waals surface area (Å²) in [6.45, 7) is 15.9. The normalized spacial score (nSPS) is 11.7. The number of nitrogens with one attached hydrogen (secondary N) is 1. The van der Waals surface area contributed by atoms with Crippen LogP contribution in [0.15, 0.2) is 12.1 Å². The van der Waals surface area contributed by atoms with Crippen molar-refractivity contribution in [3.05, 3.63) is 28.8 Å². The van der Waals surface area contributed by atoms with Crippen LogP contribution < -0.4 is 10.1 Å². The smallest absolute Gasteiger partial charge is 0.125 e. The molecule has 0 heterocycles. The van der Waals surface area contributed by atoms with E-state index in [9.17, 15) is 0 Å². The number of aryl methyl sites for hydroxylation is 2. The first-order valence-corrected chi connectivity index (χ1v) is 7.89. The van der Waals surface area contributed by atoms with Gasteiger partial charge in [0.05, 0.1) is 6.61 Å². The van der Waals surface area contributed by atoms with Crippen LogP contribution in [0.3, 0.4) is 0 Å². The molecule has 0 amide bonds. The van der Waals surface area contributed by atoms with Crippen molar-refractivity contribution in [2.75, 3.05) is 19.8 Å². The van der Waals surface area contributed by atoms with E-state index in [1.807, 2.05) is 6.92 Å². The molecular weight excluding hydrogens is 262 g/mol. The molecule has 1 N–H and O–H groups in total. The van der Waals surface area contributed by atoms with Crippen LogP contribution in [0.4, 0.5) is 0 Å². The molecule has 1 aromatic carbocycles. The Hall–Kier alpha value is -1.06.